The summed E-state index contributed by atoms with van der Waals surface area (Å²) in [6, 6.07) is 15.5. The van der Waals surface area contributed by atoms with Gasteiger partial charge in [-0.1, -0.05) is 30.3 Å². The minimum atomic E-state index is -0.177. The van der Waals surface area contributed by atoms with Crippen molar-refractivity contribution in [3.05, 3.63) is 63.5 Å². The third-order valence-corrected chi connectivity index (χ3v) is 4.93. The molecule has 1 saturated heterocycles. The van der Waals surface area contributed by atoms with Crippen molar-refractivity contribution in [1.82, 2.24) is 5.32 Å². The van der Waals surface area contributed by atoms with Gasteiger partial charge in [-0.15, -0.1) is 0 Å². The van der Waals surface area contributed by atoms with Crippen molar-refractivity contribution in [1.29, 1.82) is 0 Å². The van der Waals surface area contributed by atoms with E-state index in [1.807, 2.05) is 12.1 Å². The van der Waals surface area contributed by atoms with E-state index >= 15 is 0 Å². The lowest BCUT2D eigenvalue weighted by Gasteiger charge is -2.43. The summed E-state index contributed by atoms with van der Waals surface area (Å²) >= 11 is 2.21. The van der Waals surface area contributed by atoms with Crippen LogP contribution < -0.4 is 10.2 Å². The maximum Gasteiger partial charge on any atom is 0.124 e. The summed E-state index contributed by atoms with van der Waals surface area (Å²) in [5.74, 6) is -0.177. The van der Waals surface area contributed by atoms with Crippen molar-refractivity contribution < 1.29 is 4.39 Å². The third-order valence-electron chi connectivity index (χ3n) is 4.07. The largest absolute Gasteiger partial charge is 0.367 e. The molecule has 21 heavy (non-hydrogen) atoms. The molecule has 1 heterocycles. The second kappa shape index (κ2) is 5.93. The zero-order chi connectivity index (χ0) is 14.9. The standard InChI is InChI=1S/C17H18FIN2/c1-17(13-5-3-2-4-6-13)12-21(10-9-20-17)16-8-7-14(18)11-15(16)19/h2-8,11,20H,9-10,12H2,1H3. The molecule has 110 valence electrons. The van der Waals surface area contributed by atoms with Crippen molar-refractivity contribution in [3.63, 3.8) is 0 Å². The van der Waals surface area contributed by atoms with Crippen molar-refractivity contribution in [2.45, 2.75) is 12.5 Å². The number of halogens is 2. The van der Waals surface area contributed by atoms with Crippen LogP contribution in [0, 0.1) is 9.39 Å². The quantitative estimate of drug-likeness (QED) is 0.778. The van der Waals surface area contributed by atoms with Gasteiger partial charge in [0.2, 0.25) is 0 Å². The predicted molar refractivity (Wildman–Crippen MR) is 93.1 cm³/mol. The van der Waals surface area contributed by atoms with Crippen LogP contribution in [0.15, 0.2) is 48.5 Å². The highest BCUT2D eigenvalue weighted by molar-refractivity contribution is 14.1. The Kier molecular flexibility index (Phi) is 4.17. The van der Waals surface area contributed by atoms with Gasteiger partial charge in [0.05, 0.1) is 11.2 Å². The van der Waals surface area contributed by atoms with E-state index in [1.54, 1.807) is 12.1 Å². The minimum absolute atomic E-state index is 0.0863. The topological polar surface area (TPSA) is 15.3 Å². The minimum Gasteiger partial charge on any atom is -0.367 e. The summed E-state index contributed by atoms with van der Waals surface area (Å²) in [6.07, 6.45) is 0. The summed E-state index contributed by atoms with van der Waals surface area (Å²) in [5.41, 5.74) is 2.31. The fourth-order valence-corrected chi connectivity index (χ4v) is 3.74. The number of nitrogens with zero attached hydrogens (tertiary/aromatic N) is 1. The van der Waals surface area contributed by atoms with E-state index in [0.29, 0.717) is 0 Å². The van der Waals surface area contributed by atoms with Crippen LogP contribution in [0.25, 0.3) is 0 Å². The molecular formula is C17H18FIN2. The lowest BCUT2D eigenvalue weighted by atomic mass is 9.89. The van der Waals surface area contributed by atoms with Gasteiger partial charge in [0.25, 0.3) is 0 Å². The van der Waals surface area contributed by atoms with E-state index in [4.69, 9.17) is 0 Å². The number of benzene rings is 2. The predicted octanol–water partition coefficient (Wildman–Crippen LogP) is 3.76. The van der Waals surface area contributed by atoms with Crippen LogP contribution in [0.4, 0.5) is 10.1 Å². The normalized spacial score (nSPS) is 22.3. The molecule has 1 N–H and O–H groups in total. The maximum atomic E-state index is 13.3. The van der Waals surface area contributed by atoms with E-state index in [0.717, 1.165) is 28.9 Å². The van der Waals surface area contributed by atoms with Gasteiger partial charge in [-0.25, -0.2) is 4.39 Å². The Hall–Kier alpha value is -1.14. The highest BCUT2D eigenvalue weighted by Gasteiger charge is 2.32. The van der Waals surface area contributed by atoms with Gasteiger partial charge in [0.15, 0.2) is 0 Å². The molecule has 1 unspecified atom stereocenters. The van der Waals surface area contributed by atoms with Gasteiger partial charge >= 0.3 is 0 Å². The Morgan fingerprint density at radius 3 is 2.67 bits per heavy atom. The highest BCUT2D eigenvalue weighted by Crippen LogP contribution is 2.30. The fourth-order valence-electron chi connectivity index (χ4n) is 2.93. The zero-order valence-corrected chi connectivity index (χ0v) is 14.1. The molecule has 2 aromatic carbocycles. The smallest absolute Gasteiger partial charge is 0.124 e. The van der Waals surface area contributed by atoms with Crippen LogP contribution >= 0.6 is 22.6 Å². The van der Waals surface area contributed by atoms with E-state index in [-0.39, 0.29) is 11.4 Å². The number of hydrogen-bond donors (Lipinski definition) is 1. The Balaban J connectivity index is 1.89. The van der Waals surface area contributed by atoms with Crippen LogP contribution in [-0.4, -0.2) is 19.6 Å². The van der Waals surface area contributed by atoms with Crippen LogP contribution in [0.5, 0.6) is 0 Å². The molecule has 1 atom stereocenters. The van der Waals surface area contributed by atoms with Crippen molar-refractivity contribution >= 4 is 28.3 Å². The molecule has 2 nitrogen and oxygen atoms in total. The number of anilines is 1. The Morgan fingerprint density at radius 2 is 1.95 bits per heavy atom. The van der Waals surface area contributed by atoms with E-state index in [2.05, 4.69) is 64.0 Å². The maximum absolute atomic E-state index is 13.3. The number of hydrogen-bond acceptors (Lipinski definition) is 2. The molecule has 3 rings (SSSR count). The number of piperazine rings is 1. The van der Waals surface area contributed by atoms with Gasteiger partial charge in [-0.2, -0.15) is 0 Å². The number of nitrogens with one attached hydrogen (secondary N) is 1. The average Bonchev–Trinajstić information content (AvgIpc) is 2.48. The average molecular weight is 396 g/mol. The van der Waals surface area contributed by atoms with Crippen LogP contribution in [0.3, 0.4) is 0 Å². The molecule has 1 aliphatic rings. The molecule has 0 spiro atoms. The van der Waals surface area contributed by atoms with Crippen LogP contribution in [0.1, 0.15) is 12.5 Å². The molecule has 0 bridgehead atoms. The second-order valence-electron chi connectivity index (χ2n) is 5.64. The summed E-state index contributed by atoms with van der Waals surface area (Å²) in [6.45, 7) is 4.95. The van der Waals surface area contributed by atoms with Crippen molar-refractivity contribution in [2.24, 2.45) is 0 Å². The first-order chi connectivity index (χ1) is 10.1. The Bertz CT molecular complexity index is 632. The van der Waals surface area contributed by atoms with Crippen LogP contribution in [0.2, 0.25) is 0 Å². The summed E-state index contributed by atoms with van der Waals surface area (Å²) in [7, 11) is 0. The monoisotopic (exact) mass is 396 g/mol. The Morgan fingerprint density at radius 1 is 1.19 bits per heavy atom. The van der Waals surface area contributed by atoms with Crippen molar-refractivity contribution in [3.8, 4) is 0 Å². The molecule has 0 amide bonds. The first-order valence-electron chi connectivity index (χ1n) is 7.09. The fraction of sp³-hybridized carbons (Fsp3) is 0.294. The molecule has 4 heteroatoms. The highest BCUT2D eigenvalue weighted by atomic mass is 127. The SMILES string of the molecule is CC1(c2ccccc2)CN(c2ccc(F)cc2I)CCN1. The molecule has 0 aromatic heterocycles. The lowest BCUT2D eigenvalue weighted by molar-refractivity contribution is 0.332. The van der Waals surface area contributed by atoms with Crippen LogP contribution in [-0.2, 0) is 5.54 Å². The van der Waals surface area contributed by atoms with Gasteiger partial charge in [0, 0.05) is 23.2 Å². The van der Waals surface area contributed by atoms with E-state index in [1.165, 1.54) is 5.56 Å². The summed E-state index contributed by atoms with van der Waals surface area (Å²) in [5, 5.41) is 3.62. The van der Waals surface area contributed by atoms with Gasteiger partial charge in [-0.05, 0) is 53.3 Å². The summed E-state index contributed by atoms with van der Waals surface area (Å²) in [4.78, 5) is 2.34. The van der Waals surface area contributed by atoms with Gasteiger partial charge in [0.1, 0.15) is 5.82 Å². The number of rotatable bonds is 2. The van der Waals surface area contributed by atoms with E-state index in [9.17, 15) is 4.39 Å². The molecule has 0 saturated carbocycles. The Labute approximate surface area is 138 Å². The van der Waals surface area contributed by atoms with Gasteiger partial charge < -0.3 is 10.2 Å². The van der Waals surface area contributed by atoms with Crippen molar-refractivity contribution in [2.75, 3.05) is 24.5 Å². The van der Waals surface area contributed by atoms with E-state index < -0.39 is 0 Å². The lowest BCUT2D eigenvalue weighted by Crippen LogP contribution is -2.57. The molecule has 1 aliphatic heterocycles. The zero-order valence-electron chi connectivity index (χ0n) is 11.9. The third kappa shape index (κ3) is 3.06. The van der Waals surface area contributed by atoms with Gasteiger partial charge in [-0.3, -0.25) is 0 Å². The molecular weight excluding hydrogens is 378 g/mol. The molecule has 0 aliphatic carbocycles. The first-order valence-corrected chi connectivity index (χ1v) is 8.17. The summed E-state index contributed by atoms with van der Waals surface area (Å²) < 4.78 is 14.3. The molecule has 1 fully saturated rings. The second-order valence-corrected chi connectivity index (χ2v) is 6.80. The molecule has 0 radical (unpaired) electrons. The first kappa shape index (κ1) is 14.8. The molecule has 2 aromatic rings.